The Morgan fingerprint density at radius 3 is 2.50 bits per heavy atom. The van der Waals surface area contributed by atoms with E-state index in [1.807, 2.05) is 0 Å². The van der Waals surface area contributed by atoms with E-state index in [9.17, 15) is 4.39 Å². The molecule has 0 atom stereocenters. The zero-order valence-corrected chi connectivity index (χ0v) is 9.43. The first-order valence-electron chi connectivity index (χ1n) is 4.00. The lowest BCUT2D eigenvalue weighted by molar-refractivity contribution is 0.628. The molecule has 0 aromatic heterocycles. The molecular weight excluding hydrogens is 224 g/mol. The molecule has 0 radical (unpaired) electrons. The lowest BCUT2D eigenvalue weighted by Gasteiger charge is -2.13. The van der Waals surface area contributed by atoms with Gasteiger partial charge in [0.05, 0.1) is 15.7 Å². The number of hydrogen-bond acceptors (Lipinski definition) is 1. The summed E-state index contributed by atoms with van der Waals surface area (Å²) in [5.74, 6) is -0.534. The van der Waals surface area contributed by atoms with Crippen LogP contribution in [0.1, 0.15) is 12.5 Å². The van der Waals surface area contributed by atoms with Gasteiger partial charge in [0, 0.05) is 12.6 Å². The smallest absolute Gasteiger partial charge is 0.144 e. The Labute approximate surface area is 92.5 Å². The van der Waals surface area contributed by atoms with E-state index in [0.29, 0.717) is 21.8 Å². The second kappa shape index (κ2) is 4.20. The lowest BCUT2D eigenvalue weighted by atomic mass is 10.1. The molecule has 0 aliphatic rings. The molecule has 0 saturated carbocycles. The van der Waals surface area contributed by atoms with Crippen LogP contribution in [0.15, 0.2) is 12.6 Å². The zero-order chi connectivity index (χ0) is 10.9. The first-order valence-corrected chi connectivity index (χ1v) is 4.75. The molecular formula is C10H10Cl2FN. The molecule has 0 unspecified atom stereocenters. The Kier molecular flexibility index (Phi) is 3.40. The van der Waals surface area contributed by atoms with Gasteiger partial charge in [0.1, 0.15) is 5.82 Å². The largest absolute Gasteiger partial charge is 0.386 e. The number of hydrogen-bond donors (Lipinski definition) is 1. The van der Waals surface area contributed by atoms with Crippen LogP contribution in [0.25, 0.3) is 5.57 Å². The number of nitrogens with one attached hydrogen (secondary N) is 1. The topological polar surface area (TPSA) is 12.0 Å². The number of rotatable bonds is 2. The maximum absolute atomic E-state index is 13.2. The van der Waals surface area contributed by atoms with Crippen LogP contribution in [-0.2, 0) is 0 Å². The minimum absolute atomic E-state index is 0.0475. The molecule has 0 spiro atoms. The molecule has 1 aromatic carbocycles. The Morgan fingerprint density at radius 2 is 2.07 bits per heavy atom. The van der Waals surface area contributed by atoms with Crippen LogP contribution in [0.5, 0.6) is 0 Å². The Balaban J connectivity index is 3.56. The summed E-state index contributed by atoms with van der Waals surface area (Å²) in [6.45, 7) is 5.48. The summed E-state index contributed by atoms with van der Waals surface area (Å²) in [7, 11) is 1.70. The van der Waals surface area contributed by atoms with Gasteiger partial charge in [0.15, 0.2) is 0 Å². The monoisotopic (exact) mass is 233 g/mol. The van der Waals surface area contributed by atoms with Crippen molar-refractivity contribution in [3.8, 4) is 0 Å². The van der Waals surface area contributed by atoms with Crippen molar-refractivity contribution in [2.24, 2.45) is 0 Å². The Hall–Kier alpha value is -0.730. The minimum atomic E-state index is -0.534. The van der Waals surface area contributed by atoms with Crippen LogP contribution < -0.4 is 5.32 Å². The van der Waals surface area contributed by atoms with Gasteiger partial charge in [-0.1, -0.05) is 29.8 Å². The van der Waals surface area contributed by atoms with Gasteiger partial charge in [-0.3, -0.25) is 0 Å². The summed E-state index contributed by atoms with van der Waals surface area (Å²) in [4.78, 5) is 0. The fourth-order valence-electron chi connectivity index (χ4n) is 1.24. The molecule has 1 rings (SSSR count). The van der Waals surface area contributed by atoms with Crippen molar-refractivity contribution in [2.75, 3.05) is 12.4 Å². The standard InChI is InChI=1S/C10H10Cl2FN/c1-5(2)8-9(12)7(13)4-6(11)10(8)14-3/h4,14H,1H2,2-3H3. The van der Waals surface area contributed by atoms with Crippen molar-refractivity contribution in [1.29, 1.82) is 0 Å². The van der Waals surface area contributed by atoms with E-state index in [1.54, 1.807) is 14.0 Å². The van der Waals surface area contributed by atoms with Gasteiger partial charge in [-0.2, -0.15) is 0 Å². The van der Waals surface area contributed by atoms with E-state index in [2.05, 4.69) is 11.9 Å². The molecule has 14 heavy (non-hydrogen) atoms. The second-order valence-electron chi connectivity index (χ2n) is 2.93. The molecule has 0 saturated heterocycles. The van der Waals surface area contributed by atoms with Crippen LogP contribution in [0.2, 0.25) is 10.0 Å². The van der Waals surface area contributed by atoms with Crippen LogP contribution in [0.3, 0.4) is 0 Å². The van der Waals surface area contributed by atoms with E-state index in [0.717, 1.165) is 0 Å². The third kappa shape index (κ3) is 1.86. The van der Waals surface area contributed by atoms with Crippen molar-refractivity contribution in [3.63, 3.8) is 0 Å². The van der Waals surface area contributed by atoms with Crippen LogP contribution in [-0.4, -0.2) is 7.05 Å². The Bertz CT molecular complexity index is 388. The molecule has 0 aliphatic carbocycles. The lowest BCUT2D eigenvalue weighted by Crippen LogP contribution is -1.97. The maximum atomic E-state index is 13.2. The highest BCUT2D eigenvalue weighted by Crippen LogP contribution is 2.37. The summed E-state index contributed by atoms with van der Waals surface area (Å²) in [5, 5.41) is 3.22. The third-order valence-corrected chi connectivity index (χ3v) is 2.52. The Morgan fingerprint density at radius 1 is 1.50 bits per heavy atom. The van der Waals surface area contributed by atoms with E-state index < -0.39 is 5.82 Å². The van der Waals surface area contributed by atoms with Crippen molar-refractivity contribution in [3.05, 3.63) is 34.1 Å². The second-order valence-corrected chi connectivity index (χ2v) is 3.72. The molecule has 1 nitrogen and oxygen atoms in total. The first kappa shape index (κ1) is 11.3. The van der Waals surface area contributed by atoms with Crippen LogP contribution in [0, 0.1) is 5.82 Å². The van der Waals surface area contributed by atoms with Gasteiger partial charge in [-0.15, -0.1) is 0 Å². The average Bonchev–Trinajstić information content (AvgIpc) is 2.10. The van der Waals surface area contributed by atoms with Crippen molar-refractivity contribution >= 4 is 34.5 Å². The maximum Gasteiger partial charge on any atom is 0.144 e. The summed E-state index contributed by atoms with van der Waals surface area (Å²) < 4.78 is 13.2. The van der Waals surface area contributed by atoms with Gasteiger partial charge < -0.3 is 5.32 Å². The van der Waals surface area contributed by atoms with Gasteiger partial charge in [0.2, 0.25) is 0 Å². The summed E-state index contributed by atoms with van der Waals surface area (Å²) in [5.41, 5.74) is 1.80. The number of halogens is 3. The highest BCUT2D eigenvalue weighted by atomic mass is 35.5. The van der Waals surface area contributed by atoms with Crippen molar-refractivity contribution in [2.45, 2.75) is 6.92 Å². The molecule has 0 fully saturated rings. The summed E-state index contributed by atoms with van der Waals surface area (Å²) in [6, 6.07) is 1.18. The number of anilines is 1. The quantitative estimate of drug-likeness (QED) is 0.756. The van der Waals surface area contributed by atoms with Gasteiger partial charge in [-0.05, 0) is 18.6 Å². The predicted molar refractivity (Wildman–Crippen MR) is 60.7 cm³/mol. The fraction of sp³-hybridized carbons (Fsp3) is 0.200. The van der Waals surface area contributed by atoms with Gasteiger partial charge in [-0.25, -0.2) is 4.39 Å². The van der Waals surface area contributed by atoms with E-state index in [-0.39, 0.29) is 5.02 Å². The summed E-state index contributed by atoms with van der Waals surface area (Å²) >= 11 is 11.7. The predicted octanol–water partition coefficient (Wildman–Crippen LogP) is 4.21. The highest BCUT2D eigenvalue weighted by molar-refractivity contribution is 6.37. The molecule has 76 valence electrons. The zero-order valence-electron chi connectivity index (χ0n) is 7.92. The molecule has 4 heteroatoms. The molecule has 1 N–H and O–H groups in total. The van der Waals surface area contributed by atoms with Crippen molar-refractivity contribution in [1.82, 2.24) is 0 Å². The summed E-state index contributed by atoms with van der Waals surface area (Å²) in [6.07, 6.45) is 0. The van der Waals surface area contributed by atoms with Crippen LogP contribution >= 0.6 is 23.2 Å². The minimum Gasteiger partial charge on any atom is -0.386 e. The SMILES string of the molecule is C=C(C)c1c(Cl)c(F)cc(Cl)c1NC. The van der Waals surface area contributed by atoms with Gasteiger partial charge in [0.25, 0.3) is 0 Å². The number of benzene rings is 1. The van der Waals surface area contributed by atoms with E-state index >= 15 is 0 Å². The highest BCUT2D eigenvalue weighted by Gasteiger charge is 2.15. The molecule has 1 aromatic rings. The molecule has 0 heterocycles. The normalized spacial score (nSPS) is 10.1. The molecule has 0 aliphatic heterocycles. The number of allylic oxidation sites excluding steroid dienone is 1. The van der Waals surface area contributed by atoms with E-state index in [1.165, 1.54) is 6.07 Å². The van der Waals surface area contributed by atoms with Crippen LogP contribution in [0.4, 0.5) is 10.1 Å². The van der Waals surface area contributed by atoms with E-state index in [4.69, 9.17) is 23.2 Å². The first-order chi connectivity index (χ1) is 6.49. The average molecular weight is 234 g/mol. The third-order valence-electron chi connectivity index (χ3n) is 1.85. The molecule has 0 bridgehead atoms. The van der Waals surface area contributed by atoms with Crippen molar-refractivity contribution < 1.29 is 4.39 Å². The fourth-order valence-corrected chi connectivity index (χ4v) is 1.84. The van der Waals surface area contributed by atoms with Gasteiger partial charge >= 0.3 is 0 Å². The molecule has 0 amide bonds.